The van der Waals surface area contributed by atoms with E-state index in [0.29, 0.717) is 12.6 Å². The third-order valence-electron chi connectivity index (χ3n) is 3.85. The van der Waals surface area contributed by atoms with E-state index in [0.717, 1.165) is 25.9 Å². The summed E-state index contributed by atoms with van der Waals surface area (Å²) in [4.78, 5) is 12.1. The lowest BCUT2D eigenvalue weighted by Crippen LogP contribution is -2.42. The molecule has 0 unspecified atom stereocenters. The molecule has 0 spiro atoms. The molecule has 3 rings (SSSR count). The van der Waals surface area contributed by atoms with Gasteiger partial charge in [0.15, 0.2) is 0 Å². The third kappa shape index (κ3) is 4.03. The smallest absolute Gasteiger partial charge is 0.0933 e. The second-order valence-electron chi connectivity index (χ2n) is 5.36. The topological polar surface area (TPSA) is 37.4 Å². The first-order valence-electron chi connectivity index (χ1n) is 7.48. The third-order valence-corrected chi connectivity index (χ3v) is 3.85. The van der Waals surface area contributed by atoms with Crippen molar-refractivity contribution in [3.8, 4) is 0 Å². The highest BCUT2D eigenvalue weighted by Gasteiger charge is 2.19. The van der Waals surface area contributed by atoms with Crippen LogP contribution in [-0.2, 0) is 11.4 Å². The fourth-order valence-electron chi connectivity index (χ4n) is 2.63. The Labute approximate surface area is 125 Å². The lowest BCUT2D eigenvalue weighted by atomic mass is 10.1. The van der Waals surface area contributed by atoms with Crippen LogP contribution in [0.15, 0.2) is 54.9 Å². The van der Waals surface area contributed by atoms with Crippen LogP contribution in [0.2, 0.25) is 0 Å². The SMILES string of the molecule is c1ccc(CONC2CCN(c3ccncc3)CC2)cc1. The van der Waals surface area contributed by atoms with E-state index >= 15 is 0 Å². The maximum Gasteiger partial charge on any atom is 0.0933 e. The molecule has 0 atom stereocenters. The second kappa shape index (κ2) is 7.20. The average Bonchev–Trinajstić information content (AvgIpc) is 2.57. The molecule has 2 heterocycles. The Morgan fingerprint density at radius 1 is 1.05 bits per heavy atom. The Hall–Kier alpha value is -1.91. The predicted molar refractivity (Wildman–Crippen MR) is 83.8 cm³/mol. The predicted octanol–water partition coefficient (Wildman–Crippen LogP) is 2.77. The van der Waals surface area contributed by atoms with E-state index in [-0.39, 0.29) is 0 Å². The fourth-order valence-corrected chi connectivity index (χ4v) is 2.63. The van der Waals surface area contributed by atoms with Gasteiger partial charge in [-0.05, 0) is 30.5 Å². The zero-order valence-corrected chi connectivity index (χ0v) is 12.1. The molecule has 1 N–H and O–H groups in total. The van der Waals surface area contributed by atoms with Crippen LogP contribution in [0.1, 0.15) is 18.4 Å². The van der Waals surface area contributed by atoms with Crippen LogP contribution >= 0.6 is 0 Å². The van der Waals surface area contributed by atoms with Gasteiger partial charge in [-0.15, -0.1) is 0 Å². The Morgan fingerprint density at radius 3 is 2.48 bits per heavy atom. The van der Waals surface area contributed by atoms with E-state index < -0.39 is 0 Å². The molecular weight excluding hydrogens is 262 g/mol. The van der Waals surface area contributed by atoms with Crippen molar-refractivity contribution in [1.82, 2.24) is 10.5 Å². The monoisotopic (exact) mass is 283 g/mol. The minimum absolute atomic E-state index is 0.437. The number of nitrogens with zero attached hydrogens (tertiary/aromatic N) is 2. The van der Waals surface area contributed by atoms with Crippen molar-refractivity contribution >= 4 is 5.69 Å². The lowest BCUT2D eigenvalue weighted by Gasteiger charge is -2.33. The summed E-state index contributed by atoms with van der Waals surface area (Å²) in [5, 5.41) is 0. The molecule has 1 aliphatic rings. The maximum absolute atomic E-state index is 5.62. The zero-order valence-electron chi connectivity index (χ0n) is 12.1. The number of nitrogens with one attached hydrogen (secondary N) is 1. The molecule has 21 heavy (non-hydrogen) atoms. The van der Waals surface area contributed by atoms with Gasteiger partial charge in [0.25, 0.3) is 0 Å². The number of rotatable bonds is 5. The van der Waals surface area contributed by atoms with Crippen LogP contribution in [0, 0.1) is 0 Å². The molecular formula is C17H21N3O. The molecule has 0 bridgehead atoms. The highest BCUT2D eigenvalue weighted by atomic mass is 16.6. The summed E-state index contributed by atoms with van der Waals surface area (Å²) >= 11 is 0. The molecule has 1 aromatic heterocycles. The van der Waals surface area contributed by atoms with Gasteiger partial charge >= 0.3 is 0 Å². The number of hydrogen-bond acceptors (Lipinski definition) is 4. The number of pyridine rings is 1. The number of hydroxylamine groups is 1. The minimum atomic E-state index is 0.437. The maximum atomic E-state index is 5.62. The molecule has 4 nitrogen and oxygen atoms in total. The van der Waals surface area contributed by atoms with E-state index in [2.05, 4.69) is 39.6 Å². The van der Waals surface area contributed by atoms with Crippen molar-refractivity contribution < 1.29 is 4.84 Å². The van der Waals surface area contributed by atoms with Gasteiger partial charge in [-0.1, -0.05) is 30.3 Å². The van der Waals surface area contributed by atoms with Crippen LogP contribution < -0.4 is 10.4 Å². The molecule has 110 valence electrons. The molecule has 1 aromatic carbocycles. The van der Waals surface area contributed by atoms with Gasteiger partial charge in [0.05, 0.1) is 6.61 Å². The van der Waals surface area contributed by atoms with E-state index in [1.165, 1.54) is 11.3 Å². The van der Waals surface area contributed by atoms with Crippen LogP contribution in [0.25, 0.3) is 0 Å². The summed E-state index contributed by atoms with van der Waals surface area (Å²) in [7, 11) is 0. The van der Waals surface area contributed by atoms with Crippen molar-refractivity contribution in [2.24, 2.45) is 0 Å². The van der Waals surface area contributed by atoms with Crippen molar-refractivity contribution in [3.05, 3.63) is 60.4 Å². The van der Waals surface area contributed by atoms with E-state index in [9.17, 15) is 0 Å². The van der Waals surface area contributed by atoms with Crippen LogP contribution in [0.4, 0.5) is 5.69 Å². The Morgan fingerprint density at radius 2 is 1.76 bits per heavy atom. The molecule has 2 aromatic rings. The van der Waals surface area contributed by atoms with Gasteiger partial charge in [-0.2, -0.15) is 5.48 Å². The largest absolute Gasteiger partial charge is 0.371 e. The molecule has 1 fully saturated rings. The summed E-state index contributed by atoms with van der Waals surface area (Å²) in [6.45, 7) is 2.72. The van der Waals surface area contributed by atoms with E-state index in [1.807, 2.05) is 30.6 Å². The first-order chi connectivity index (χ1) is 10.4. The zero-order chi connectivity index (χ0) is 14.3. The number of hydrogen-bond donors (Lipinski definition) is 1. The van der Waals surface area contributed by atoms with Gasteiger partial charge < -0.3 is 4.90 Å². The van der Waals surface area contributed by atoms with Gasteiger partial charge in [-0.25, -0.2) is 0 Å². The van der Waals surface area contributed by atoms with Gasteiger partial charge in [-0.3, -0.25) is 9.82 Å². The highest BCUT2D eigenvalue weighted by Crippen LogP contribution is 2.18. The molecule has 0 aliphatic carbocycles. The summed E-state index contributed by atoms with van der Waals surface area (Å²) in [5.41, 5.74) is 5.65. The van der Waals surface area contributed by atoms with Crippen molar-refractivity contribution in [1.29, 1.82) is 0 Å². The van der Waals surface area contributed by atoms with Gasteiger partial charge in [0.1, 0.15) is 0 Å². The standard InChI is InChI=1S/C17H21N3O/c1-2-4-15(5-3-1)14-21-19-16-8-12-20(13-9-16)17-6-10-18-11-7-17/h1-7,10-11,16,19H,8-9,12-14H2. The summed E-state index contributed by atoms with van der Waals surface area (Å²) in [6, 6.07) is 14.8. The normalized spacial score (nSPS) is 16.1. The highest BCUT2D eigenvalue weighted by molar-refractivity contribution is 5.44. The molecule has 4 heteroatoms. The first-order valence-corrected chi connectivity index (χ1v) is 7.48. The second-order valence-corrected chi connectivity index (χ2v) is 5.36. The average molecular weight is 283 g/mol. The minimum Gasteiger partial charge on any atom is -0.371 e. The van der Waals surface area contributed by atoms with Crippen molar-refractivity contribution in [2.75, 3.05) is 18.0 Å². The van der Waals surface area contributed by atoms with E-state index in [4.69, 9.17) is 4.84 Å². The molecule has 1 saturated heterocycles. The summed E-state index contributed by atoms with van der Waals surface area (Å²) in [5.74, 6) is 0. The number of aromatic nitrogens is 1. The van der Waals surface area contributed by atoms with Gasteiger partial charge in [0, 0.05) is 37.2 Å². The molecule has 1 aliphatic heterocycles. The number of anilines is 1. The molecule has 0 amide bonds. The molecule has 0 radical (unpaired) electrons. The van der Waals surface area contributed by atoms with Crippen molar-refractivity contribution in [2.45, 2.75) is 25.5 Å². The Kier molecular flexibility index (Phi) is 4.82. The quantitative estimate of drug-likeness (QED) is 0.856. The Bertz CT molecular complexity index is 521. The van der Waals surface area contributed by atoms with Crippen LogP contribution in [0.5, 0.6) is 0 Å². The van der Waals surface area contributed by atoms with Crippen molar-refractivity contribution in [3.63, 3.8) is 0 Å². The summed E-state index contributed by atoms with van der Waals surface area (Å²) in [6.07, 6.45) is 5.89. The van der Waals surface area contributed by atoms with E-state index in [1.54, 1.807) is 0 Å². The van der Waals surface area contributed by atoms with Crippen LogP contribution in [-0.4, -0.2) is 24.1 Å². The summed E-state index contributed by atoms with van der Waals surface area (Å²) < 4.78 is 0. The molecule has 0 saturated carbocycles. The number of piperidine rings is 1. The number of benzene rings is 1. The first kappa shape index (κ1) is 14.0. The van der Waals surface area contributed by atoms with Gasteiger partial charge in [0.2, 0.25) is 0 Å². The van der Waals surface area contributed by atoms with Crippen LogP contribution in [0.3, 0.4) is 0 Å². The lowest BCUT2D eigenvalue weighted by molar-refractivity contribution is -0.00167. The fraction of sp³-hybridized carbons (Fsp3) is 0.353. The Balaban J connectivity index is 1.40.